The van der Waals surface area contributed by atoms with Gasteiger partial charge in [-0.1, -0.05) is 20.3 Å². The van der Waals surface area contributed by atoms with Crippen LogP contribution in [-0.2, 0) is 17.6 Å². The van der Waals surface area contributed by atoms with Crippen LogP contribution in [0.15, 0.2) is 12.1 Å². The first kappa shape index (κ1) is 14.2. The number of fused-ring (bicyclic) bond motifs is 2. The van der Waals surface area contributed by atoms with Crippen LogP contribution in [0.5, 0.6) is 11.5 Å². The van der Waals surface area contributed by atoms with Crippen molar-refractivity contribution in [1.82, 2.24) is 5.32 Å². The summed E-state index contributed by atoms with van der Waals surface area (Å²) >= 11 is 0. The van der Waals surface area contributed by atoms with Crippen molar-refractivity contribution in [2.24, 2.45) is 11.7 Å². The maximum absolute atomic E-state index is 12.2. The lowest BCUT2D eigenvalue weighted by atomic mass is 9.99. The van der Waals surface area contributed by atoms with Crippen LogP contribution >= 0.6 is 0 Å². The van der Waals surface area contributed by atoms with Gasteiger partial charge in [-0.15, -0.1) is 0 Å². The average molecular weight is 290 g/mol. The van der Waals surface area contributed by atoms with Gasteiger partial charge in [0.15, 0.2) is 11.5 Å². The van der Waals surface area contributed by atoms with Crippen molar-refractivity contribution in [3.8, 4) is 11.5 Å². The summed E-state index contributed by atoms with van der Waals surface area (Å²) in [5, 5.41) is 3.07. The summed E-state index contributed by atoms with van der Waals surface area (Å²) in [6.45, 7) is 4.35. The standard InChI is InChI=1S/C16H22N2O3/c1-3-9(2)15(17)16(19)18-12-4-10-6-13-14(21-8-20-13)7-11(10)5-12/h6-7,9,12,15H,3-5,8,17H2,1-2H3,(H,18,19). The van der Waals surface area contributed by atoms with Crippen LogP contribution in [-0.4, -0.2) is 24.8 Å². The number of ether oxygens (including phenoxy) is 2. The molecule has 0 fully saturated rings. The molecule has 1 heterocycles. The number of nitrogens with one attached hydrogen (secondary N) is 1. The van der Waals surface area contributed by atoms with E-state index in [9.17, 15) is 4.79 Å². The minimum Gasteiger partial charge on any atom is -0.454 e. The predicted molar refractivity (Wildman–Crippen MR) is 79.3 cm³/mol. The van der Waals surface area contributed by atoms with Crippen molar-refractivity contribution in [1.29, 1.82) is 0 Å². The summed E-state index contributed by atoms with van der Waals surface area (Å²) in [6, 6.07) is 3.73. The van der Waals surface area contributed by atoms with E-state index in [-0.39, 0.29) is 17.9 Å². The van der Waals surface area contributed by atoms with Crippen LogP contribution in [0.1, 0.15) is 31.4 Å². The Morgan fingerprint density at radius 1 is 1.33 bits per heavy atom. The fraction of sp³-hybridized carbons (Fsp3) is 0.562. The van der Waals surface area contributed by atoms with E-state index in [0.29, 0.717) is 6.79 Å². The second-order valence-corrected chi connectivity index (χ2v) is 6.00. The molecule has 3 N–H and O–H groups in total. The van der Waals surface area contributed by atoms with E-state index in [0.717, 1.165) is 30.8 Å². The summed E-state index contributed by atoms with van der Waals surface area (Å²) < 4.78 is 10.8. The summed E-state index contributed by atoms with van der Waals surface area (Å²) in [5.41, 5.74) is 8.43. The predicted octanol–water partition coefficient (Wildman–Crippen LogP) is 1.37. The highest BCUT2D eigenvalue weighted by Crippen LogP contribution is 2.37. The van der Waals surface area contributed by atoms with E-state index in [2.05, 4.69) is 5.32 Å². The van der Waals surface area contributed by atoms with Crippen molar-refractivity contribution in [2.45, 2.75) is 45.2 Å². The lowest BCUT2D eigenvalue weighted by molar-refractivity contribution is -0.124. The molecule has 2 aliphatic rings. The summed E-state index contributed by atoms with van der Waals surface area (Å²) in [4.78, 5) is 12.2. The van der Waals surface area contributed by atoms with Gasteiger partial charge >= 0.3 is 0 Å². The molecular weight excluding hydrogens is 268 g/mol. The molecule has 5 heteroatoms. The van der Waals surface area contributed by atoms with Crippen LogP contribution in [0, 0.1) is 5.92 Å². The molecular formula is C16H22N2O3. The number of rotatable bonds is 4. The van der Waals surface area contributed by atoms with Crippen LogP contribution in [0.4, 0.5) is 0 Å². The third kappa shape index (κ3) is 2.70. The average Bonchev–Trinajstić information content (AvgIpc) is 3.07. The highest BCUT2D eigenvalue weighted by Gasteiger charge is 2.29. The Bertz CT molecular complexity index is 526. The van der Waals surface area contributed by atoms with Gasteiger partial charge in [-0.05, 0) is 42.0 Å². The Hall–Kier alpha value is -1.75. The van der Waals surface area contributed by atoms with Crippen LogP contribution < -0.4 is 20.5 Å². The molecule has 0 bridgehead atoms. The Balaban J connectivity index is 1.64. The van der Waals surface area contributed by atoms with Gasteiger partial charge < -0.3 is 20.5 Å². The third-order valence-electron chi connectivity index (χ3n) is 4.53. The van der Waals surface area contributed by atoms with Crippen LogP contribution in [0.25, 0.3) is 0 Å². The van der Waals surface area contributed by atoms with Crippen LogP contribution in [0.2, 0.25) is 0 Å². The molecule has 1 aromatic carbocycles. The van der Waals surface area contributed by atoms with E-state index < -0.39 is 6.04 Å². The Morgan fingerprint density at radius 2 is 1.90 bits per heavy atom. The zero-order valence-electron chi connectivity index (χ0n) is 12.5. The van der Waals surface area contributed by atoms with Crippen molar-refractivity contribution in [2.75, 3.05) is 6.79 Å². The zero-order valence-corrected chi connectivity index (χ0v) is 12.5. The molecule has 114 valence electrons. The zero-order chi connectivity index (χ0) is 15.0. The smallest absolute Gasteiger partial charge is 0.237 e. The first-order valence-electron chi connectivity index (χ1n) is 7.55. The lowest BCUT2D eigenvalue weighted by Gasteiger charge is -2.20. The highest BCUT2D eigenvalue weighted by molar-refractivity contribution is 5.82. The van der Waals surface area contributed by atoms with Crippen molar-refractivity contribution in [3.05, 3.63) is 23.3 Å². The molecule has 0 saturated carbocycles. The van der Waals surface area contributed by atoms with Gasteiger partial charge in [0.05, 0.1) is 6.04 Å². The molecule has 2 unspecified atom stereocenters. The molecule has 2 atom stereocenters. The number of benzene rings is 1. The molecule has 0 spiro atoms. The molecule has 1 aliphatic heterocycles. The SMILES string of the molecule is CCC(C)C(N)C(=O)NC1Cc2cc3c(cc2C1)OCO3. The van der Waals surface area contributed by atoms with Gasteiger partial charge in [-0.25, -0.2) is 0 Å². The normalized spacial score (nSPS) is 19.2. The molecule has 1 aliphatic carbocycles. The van der Waals surface area contributed by atoms with Crippen molar-refractivity contribution < 1.29 is 14.3 Å². The molecule has 0 saturated heterocycles. The van der Waals surface area contributed by atoms with Gasteiger partial charge in [0.1, 0.15) is 0 Å². The minimum atomic E-state index is -0.435. The Kier molecular flexibility index (Phi) is 3.76. The van der Waals surface area contributed by atoms with E-state index >= 15 is 0 Å². The number of hydrogen-bond donors (Lipinski definition) is 2. The second-order valence-electron chi connectivity index (χ2n) is 6.00. The summed E-state index contributed by atoms with van der Waals surface area (Å²) in [5.74, 6) is 1.75. The number of amides is 1. The maximum atomic E-state index is 12.2. The first-order chi connectivity index (χ1) is 10.1. The van der Waals surface area contributed by atoms with Gasteiger partial charge in [-0.2, -0.15) is 0 Å². The quantitative estimate of drug-likeness (QED) is 0.878. The van der Waals surface area contributed by atoms with E-state index in [1.54, 1.807) is 0 Å². The Labute approximate surface area is 124 Å². The summed E-state index contributed by atoms with van der Waals surface area (Å²) in [7, 11) is 0. The molecule has 0 aromatic heterocycles. The number of hydrogen-bond acceptors (Lipinski definition) is 4. The molecule has 1 aromatic rings. The first-order valence-corrected chi connectivity index (χ1v) is 7.55. The van der Waals surface area contributed by atoms with Crippen molar-refractivity contribution >= 4 is 5.91 Å². The largest absolute Gasteiger partial charge is 0.454 e. The fourth-order valence-electron chi connectivity index (χ4n) is 2.92. The number of carbonyl (C=O) groups excluding carboxylic acids is 1. The minimum absolute atomic E-state index is 0.0535. The van der Waals surface area contributed by atoms with Gasteiger partial charge in [0.25, 0.3) is 0 Å². The van der Waals surface area contributed by atoms with Gasteiger partial charge in [0.2, 0.25) is 12.7 Å². The maximum Gasteiger partial charge on any atom is 0.237 e. The molecule has 21 heavy (non-hydrogen) atoms. The van der Waals surface area contributed by atoms with Crippen molar-refractivity contribution in [3.63, 3.8) is 0 Å². The van der Waals surface area contributed by atoms with E-state index in [4.69, 9.17) is 15.2 Å². The number of carbonyl (C=O) groups is 1. The molecule has 3 rings (SSSR count). The number of nitrogens with two attached hydrogens (primary N) is 1. The topological polar surface area (TPSA) is 73.6 Å². The lowest BCUT2D eigenvalue weighted by Crippen LogP contribution is -2.48. The van der Waals surface area contributed by atoms with E-state index in [1.807, 2.05) is 26.0 Å². The monoisotopic (exact) mass is 290 g/mol. The molecule has 5 nitrogen and oxygen atoms in total. The molecule has 1 amide bonds. The van der Waals surface area contributed by atoms with Crippen LogP contribution in [0.3, 0.4) is 0 Å². The molecule has 0 radical (unpaired) electrons. The summed E-state index contributed by atoms with van der Waals surface area (Å²) in [6.07, 6.45) is 2.55. The van der Waals surface area contributed by atoms with Gasteiger partial charge in [0, 0.05) is 6.04 Å². The second kappa shape index (κ2) is 5.56. The Morgan fingerprint density at radius 3 is 2.43 bits per heavy atom. The van der Waals surface area contributed by atoms with Gasteiger partial charge in [-0.3, -0.25) is 4.79 Å². The van der Waals surface area contributed by atoms with E-state index in [1.165, 1.54) is 11.1 Å². The fourth-order valence-corrected chi connectivity index (χ4v) is 2.92. The third-order valence-corrected chi connectivity index (χ3v) is 4.53. The highest BCUT2D eigenvalue weighted by atomic mass is 16.7.